The molecular weight excluding hydrogens is 242 g/mol. The van der Waals surface area contributed by atoms with Crippen LogP contribution in [0.4, 0.5) is 5.95 Å². The van der Waals surface area contributed by atoms with Crippen LogP contribution >= 0.6 is 15.9 Å². The number of aromatic nitrogens is 2. The zero-order valence-corrected chi connectivity index (χ0v) is 9.21. The Balaban J connectivity index is 2.36. The Hall–Kier alpha value is -1.03. The first-order valence-electron chi connectivity index (χ1n) is 4.75. The van der Waals surface area contributed by atoms with Gasteiger partial charge in [-0.1, -0.05) is 6.07 Å². The molecule has 0 atom stereocenters. The van der Waals surface area contributed by atoms with Gasteiger partial charge < -0.3 is 9.88 Å². The third kappa shape index (κ3) is 1.07. The first kappa shape index (κ1) is 8.29. The van der Waals surface area contributed by atoms with Crippen molar-refractivity contribution >= 4 is 32.9 Å². The summed E-state index contributed by atoms with van der Waals surface area (Å²) in [5, 5.41) is 3.31. The van der Waals surface area contributed by atoms with Crippen molar-refractivity contribution in [3.63, 3.8) is 0 Å². The fraction of sp³-hybridized carbons (Fsp3) is 0.300. The highest BCUT2D eigenvalue weighted by Crippen LogP contribution is 2.27. The van der Waals surface area contributed by atoms with E-state index >= 15 is 0 Å². The summed E-state index contributed by atoms with van der Waals surface area (Å²) in [6.07, 6.45) is 1.17. The fourth-order valence-corrected chi connectivity index (χ4v) is 2.36. The van der Waals surface area contributed by atoms with E-state index in [9.17, 15) is 0 Å². The molecule has 1 aromatic heterocycles. The molecule has 3 nitrogen and oxygen atoms in total. The summed E-state index contributed by atoms with van der Waals surface area (Å²) in [5.41, 5.74) is 2.26. The minimum atomic E-state index is 0.998. The fourth-order valence-electron chi connectivity index (χ4n) is 1.91. The minimum Gasteiger partial charge on any atom is -0.356 e. The molecule has 4 heteroatoms. The van der Waals surface area contributed by atoms with Crippen molar-refractivity contribution < 1.29 is 0 Å². The third-order valence-electron chi connectivity index (χ3n) is 2.57. The Morgan fingerprint density at radius 3 is 3.29 bits per heavy atom. The van der Waals surface area contributed by atoms with Gasteiger partial charge in [0.05, 0.1) is 5.52 Å². The van der Waals surface area contributed by atoms with Gasteiger partial charge in [-0.05, 0) is 34.5 Å². The lowest BCUT2D eigenvalue weighted by molar-refractivity contribution is 0.642. The topological polar surface area (TPSA) is 29.9 Å². The molecule has 2 aromatic rings. The van der Waals surface area contributed by atoms with E-state index in [2.05, 4.69) is 42.9 Å². The summed E-state index contributed by atoms with van der Waals surface area (Å²) in [5.74, 6) is 0.998. The van der Waals surface area contributed by atoms with Crippen molar-refractivity contribution in [3.8, 4) is 0 Å². The second-order valence-electron chi connectivity index (χ2n) is 3.47. The normalized spacial score (nSPS) is 15.2. The van der Waals surface area contributed by atoms with Gasteiger partial charge in [0.2, 0.25) is 5.95 Å². The van der Waals surface area contributed by atoms with Gasteiger partial charge >= 0.3 is 0 Å². The molecule has 3 rings (SSSR count). The highest BCUT2D eigenvalue weighted by Gasteiger charge is 2.14. The van der Waals surface area contributed by atoms with Gasteiger partial charge in [0.25, 0.3) is 0 Å². The Morgan fingerprint density at radius 2 is 2.36 bits per heavy atom. The summed E-state index contributed by atoms with van der Waals surface area (Å²) in [6.45, 7) is 2.09. The predicted molar refractivity (Wildman–Crippen MR) is 60.5 cm³/mol. The van der Waals surface area contributed by atoms with Gasteiger partial charge in [0, 0.05) is 17.6 Å². The van der Waals surface area contributed by atoms with E-state index < -0.39 is 0 Å². The maximum Gasteiger partial charge on any atom is 0.203 e. The number of para-hydroxylation sites is 1. The molecule has 14 heavy (non-hydrogen) atoms. The maximum absolute atomic E-state index is 4.56. The number of fused-ring (bicyclic) bond motifs is 3. The van der Waals surface area contributed by atoms with E-state index in [0.717, 1.165) is 29.0 Å². The average Bonchev–Trinajstić information content (AvgIpc) is 2.59. The Bertz CT molecular complexity index is 489. The lowest BCUT2D eigenvalue weighted by atomic mass is 10.3. The zero-order valence-electron chi connectivity index (χ0n) is 7.63. The van der Waals surface area contributed by atoms with Gasteiger partial charge in [0.15, 0.2) is 0 Å². The Morgan fingerprint density at radius 1 is 1.43 bits per heavy atom. The van der Waals surface area contributed by atoms with Crippen LogP contribution in [0.5, 0.6) is 0 Å². The van der Waals surface area contributed by atoms with Crippen LogP contribution in [-0.2, 0) is 6.54 Å². The zero-order chi connectivity index (χ0) is 9.54. The maximum atomic E-state index is 4.56. The van der Waals surface area contributed by atoms with E-state index in [1.54, 1.807) is 0 Å². The molecule has 1 aliphatic rings. The molecule has 0 saturated heterocycles. The highest BCUT2D eigenvalue weighted by atomic mass is 79.9. The third-order valence-corrected chi connectivity index (χ3v) is 3.21. The van der Waals surface area contributed by atoms with Crippen LogP contribution in [0.2, 0.25) is 0 Å². The van der Waals surface area contributed by atoms with Gasteiger partial charge in [-0.3, -0.25) is 0 Å². The average molecular weight is 252 g/mol. The first-order chi connectivity index (χ1) is 6.86. The van der Waals surface area contributed by atoms with Crippen molar-refractivity contribution in [1.29, 1.82) is 0 Å². The van der Waals surface area contributed by atoms with E-state index in [-0.39, 0.29) is 0 Å². The minimum absolute atomic E-state index is 0.998. The van der Waals surface area contributed by atoms with Crippen LogP contribution < -0.4 is 5.32 Å². The van der Waals surface area contributed by atoms with Crippen molar-refractivity contribution in [2.24, 2.45) is 0 Å². The number of imidazole rings is 1. The number of benzene rings is 1. The number of anilines is 1. The molecule has 0 bridgehead atoms. The molecule has 0 amide bonds. The molecule has 0 saturated carbocycles. The van der Waals surface area contributed by atoms with Gasteiger partial charge in [0.1, 0.15) is 5.52 Å². The molecule has 0 unspecified atom stereocenters. The molecule has 1 aromatic carbocycles. The van der Waals surface area contributed by atoms with Crippen LogP contribution in [0.25, 0.3) is 11.0 Å². The monoisotopic (exact) mass is 251 g/mol. The van der Waals surface area contributed by atoms with Crippen LogP contribution in [0, 0.1) is 0 Å². The number of aryl methyl sites for hydroxylation is 1. The van der Waals surface area contributed by atoms with Gasteiger partial charge in [-0.15, -0.1) is 0 Å². The van der Waals surface area contributed by atoms with E-state index in [0.29, 0.717) is 0 Å². The van der Waals surface area contributed by atoms with Crippen LogP contribution in [0.1, 0.15) is 6.42 Å². The second-order valence-corrected chi connectivity index (χ2v) is 4.33. The summed E-state index contributed by atoms with van der Waals surface area (Å²) in [4.78, 5) is 4.56. The second kappa shape index (κ2) is 2.98. The van der Waals surface area contributed by atoms with Crippen molar-refractivity contribution in [1.82, 2.24) is 9.55 Å². The molecular formula is C10H10BrN3. The first-order valence-corrected chi connectivity index (χ1v) is 5.54. The molecule has 1 aliphatic heterocycles. The molecule has 0 fully saturated rings. The molecule has 72 valence electrons. The number of halogens is 1. The molecule has 2 heterocycles. The molecule has 0 radical (unpaired) electrons. The van der Waals surface area contributed by atoms with Crippen LogP contribution in [0.3, 0.4) is 0 Å². The number of rotatable bonds is 0. The van der Waals surface area contributed by atoms with E-state index in [4.69, 9.17) is 0 Å². The van der Waals surface area contributed by atoms with Crippen molar-refractivity contribution in [2.45, 2.75) is 13.0 Å². The Kier molecular flexibility index (Phi) is 1.77. The predicted octanol–water partition coefficient (Wildman–Crippen LogP) is 2.61. The number of hydrogen-bond donors (Lipinski definition) is 1. The van der Waals surface area contributed by atoms with Crippen LogP contribution in [0.15, 0.2) is 22.7 Å². The molecule has 1 N–H and O–H groups in total. The van der Waals surface area contributed by atoms with E-state index in [1.807, 2.05) is 6.07 Å². The number of nitrogens with one attached hydrogen (secondary N) is 1. The van der Waals surface area contributed by atoms with Crippen molar-refractivity contribution in [3.05, 3.63) is 22.7 Å². The van der Waals surface area contributed by atoms with E-state index in [1.165, 1.54) is 11.9 Å². The lowest BCUT2D eigenvalue weighted by Gasteiger charge is -2.15. The quantitative estimate of drug-likeness (QED) is 0.781. The lowest BCUT2D eigenvalue weighted by Crippen LogP contribution is -2.16. The summed E-state index contributed by atoms with van der Waals surface area (Å²) in [6, 6.07) is 6.20. The summed E-state index contributed by atoms with van der Waals surface area (Å²) >= 11 is 3.52. The standard InChI is InChI=1S/C10H10BrN3/c11-7-3-1-4-8-9(7)13-10-12-5-2-6-14(8)10/h1,3-4H,2,5-6H2,(H,12,13). The van der Waals surface area contributed by atoms with Gasteiger partial charge in [-0.25, -0.2) is 4.98 Å². The Labute approximate surface area is 90.3 Å². The van der Waals surface area contributed by atoms with Gasteiger partial charge in [-0.2, -0.15) is 0 Å². The number of nitrogens with zero attached hydrogens (tertiary/aromatic N) is 2. The summed E-state index contributed by atoms with van der Waals surface area (Å²) < 4.78 is 3.31. The smallest absolute Gasteiger partial charge is 0.203 e. The largest absolute Gasteiger partial charge is 0.356 e. The SMILES string of the molecule is Brc1cccc2c1nc1n2CCCN1. The molecule has 0 aliphatic carbocycles. The summed E-state index contributed by atoms with van der Waals surface area (Å²) in [7, 11) is 0. The van der Waals surface area contributed by atoms with Crippen molar-refractivity contribution in [2.75, 3.05) is 11.9 Å². The van der Waals surface area contributed by atoms with Crippen LogP contribution in [-0.4, -0.2) is 16.1 Å². The molecule has 0 spiro atoms. The number of hydrogen-bond acceptors (Lipinski definition) is 2. The highest BCUT2D eigenvalue weighted by molar-refractivity contribution is 9.10.